The fraction of sp³-hybridized carbons (Fsp3) is 0.833. The molecule has 2 aliphatic carbocycles. The van der Waals surface area contributed by atoms with Crippen LogP contribution in [0.5, 0.6) is 0 Å². The van der Waals surface area contributed by atoms with Gasteiger partial charge < -0.3 is 0 Å². The van der Waals surface area contributed by atoms with E-state index in [0.29, 0.717) is 0 Å². The van der Waals surface area contributed by atoms with E-state index in [1.54, 1.807) is 0 Å². The molecule has 0 saturated heterocycles. The van der Waals surface area contributed by atoms with Crippen molar-refractivity contribution in [1.29, 1.82) is 0 Å². The molecule has 2 fully saturated rings. The van der Waals surface area contributed by atoms with Crippen molar-refractivity contribution in [3.8, 4) is 0 Å². The predicted molar refractivity (Wildman–Crippen MR) is 69.8 cm³/mol. The molecule has 2 aliphatic rings. The second-order valence-corrected chi connectivity index (χ2v) is 7.68. The van der Waals surface area contributed by atoms with Crippen LogP contribution < -0.4 is 0 Å². The molecule has 0 aromatic rings. The van der Waals surface area contributed by atoms with E-state index in [1.807, 2.05) is 13.8 Å². The van der Waals surface area contributed by atoms with E-state index in [9.17, 15) is 19.7 Å². The van der Waals surface area contributed by atoms with E-state index in [1.165, 1.54) is 6.92 Å². The van der Waals surface area contributed by atoms with Crippen molar-refractivity contribution in [2.45, 2.75) is 44.0 Å². The van der Waals surface area contributed by atoms with E-state index in [-0.39, 0.29) is 24.4 Å². The Kier molecular flexibility index (Phi) is 3.03. The van der Waals surface area contributed by atoms with Gasteiger partial charge in [0.1, 0.15) is 9.75 Å². The van der Waals surface area contributed by atoms with Crippen LogP contribution in [-0.4, -0.2) is 26.9 Å². The number of Topliss-reactive ketones (excluding diaryl/α,β-unsaturated/α-hetero) is 2. The molecule has 1 spiro atoms. The maximum absolute atomic E-state index is 12.3. The molecule has 0 aromatic carbocycles. The summed E-state index contributed by atoms with van der Waals surface area (Å²) >= 11 is 12.2. The van der Waals surface area contributed by atoms with Crippen molar-refractivity contribution in [3.05, 3.63) is 10.1 Å². The summed E-state index contributed by atoms with van der Waals surface area (Å²) in [6.45, 7) is 4.96. The lowest BCUT2D eigenvalue weighted by molar-refractivity contribution is -0.523. The number of nitrogens with zero attached hydrogens (tertiary/aromatic N) is 1. The van der Waals surface area contributed by atoms with Crippen LogP contribution in [0.25, 0.3) is 0 Å². The highest BCUT2D eigenvalue weighted by molar-refractivity contribution is 6.56. The molecule has 2 rings (SSSR count). The minimum Gasteiger partial charge on any atom is -0.298 e. The molecule has 2 saturated carbocycles. The molecule has 7 heteroatoms. The average molecular weight is 308 g/mol. The van der Waals surface area contributed by atoms with E-state index >= 15 is 0 Å². The summed E-state index contributed by atoms with van der Waals surface area (Å²) in [6.07, 6.45) is 0.335. The zero-order valence-electron chi connectivity index (χ0n) is 10.9. The first kappa shape index (κ1) is 14.7. The number of ketones is 2. The van der Waals surface area contributed by atoms with Gasteiger partial charge in [-0.25, -0.2) is 0 Å². The maximum Gasteiger partial charge on any atom is 0.217 e. The molecule has 0 bridgehead atoms. The van der Waals surface area contributed by atoms with Gasteiger partial charge in [-0.3, -0.25) is 19.7 Å². The first-order valence-corrected chi connectivity index (χ1v) is 6.82. The number of halogens is 2. The largest absolute Gasteiger partial charge is 0.298 e. The maximum atomic E-state index is 12.3. The van der Waals surface area contributed by atoms with Gasteiger partial charge in [0.2, 0.25) is 6.04 Å². The topological polar surface area (TPSA) is 77.3 Å². The van der Waals surface area contributed by atoms with Crippen molar-refractivity contribution in [3.63, 3.8) is 0 Å². The van der Waals surface area contributed by atoms with Gasteiger partial charge >= 0.3 is 0 Å². The van der Waals surface area contributed by atoms with Crippen molar-refractivity contribution in [2.24, 2.45) is 16.7 Å². The summed E-state index contributed by atoms with van der Waals surface area (Å²) in [7, 11) is 0. The number of carbonyl (C=O) groups is 2. The number of hydrogen-bond acceptors (Lipinski definition) is 4. The summed E-state index contributed by atoms with van der Waals surface area (Å²) < 4.78 is -1.65. The molecular weight excluding hydrogens is 293 g/mol. The van der Waals surface area contributed by atoms with Gasteiger partial charge in [0.25, 0.3) is 0 Å². The Bertz CT molecular complexity index is 466. The van der Waals surface area contributed by atoms with Gasteiger partial charge in [0.15, 0.2) is 11.6 Å². The predicted octanol–water partition coefficient (Wildman–Crippen LogP) is 2.40. The number of carbonyl (C=O) groups excluding carboxylic acids is 2. The molecule has 0 radical (unpaired) electrons. The summed E-state index contributed by atoms with van der Waals surface area (Å²) in [4.78, 5) is 35.0. The van der Waals surface area contributed by atoms with Crippen LogP contribution in [0.15, 0.2) is 0 Å². The smallest absolute Gasteiger partial charge is 0.217 e. The highest BCUT2D eigenvalue weighted by Gasteiger charge is 2.87. The molecule has 0 amide bonds. The minimum absolute atomic E-state index is 0.168. The number of alkyl halides is 2. The normalized spacial score (nSPS) is 32.2. The zero-order chi connectivity index (χ0) is 14.8. The van der Waals surface area contributed by atoms with E-state index < -0.39 is 32.0 Å². The Labute approximate surface area is 120 Å². The van der Waals surface area contributed by atoms with E-state index in [4.69, 9.17) is 23.2 Å². The molecule has 0 aromatic heterocycles. The second kappa shape index (κ2) is 3.92. The number of rotatable bonds is 2. The van der Waals surface area contributed by atoms with Gasteiger partial charge in [0.05, 0.1) is 5.92 Å². The molecule has 0 N–H and O–H groups in total. The quantitative estimate of drug-likeness (QED) is 0.340. The summed E-state index contributed by atoms with van der Waals surface area (Å²) in [6, 6.07) is -1.12. The Balaban J connectivity index is 2.42. The van der Waals surface area contributed by atoms with Crippen LogP contribution in [0, 0.1) is 26.9 Å². The van der Waals surface area contributed by atoms with Crippen molar-refractivity contribution in [1.82, 2.24) is 0 Å². The molecule has 19 heavy (non-hydrogen) atoms. The van der Waals surface area contributed by atoms with E-state index in [2.05, 4.69) is 0 Å². The van der Waals surface area contributed by atoms with Crippen LogP contribution in [0.3, 0.4) is 0 Å². The molecule has 106 valence electrons. The van der Waals surface area contributed by atoms with Gasteiger partial charge in [0, 0.05) is 24.7 Å². The third-order valence-corrected chi connectivity index (χ3v) is 5.34. The third kappa shape index (κ3) is 1.74. The third-order valence-electron chi connectivity index (χ3n) is 4.27. The Morgan fingerprint density at radius 3 is 2.05 bits per heavy atom. The van der Waals surface area contributed by atoms with Crippen molar-refractivity contribution in [2.75, 3.05) is 0 Å². The molecule has 2 atom stereocenters. The summed E-state index contributed by atoms with van der Waals surface area (Å²) in [5, 5.41) is 10.9. The monoisotopic (exact) mass is 307 g/mol. The fourth-order valence-electron chi connectivity index (χ4n) is 3.30. The standard InChI is InChI=1S/C12H15Cl2NO4/c1-6(15(18)19)9-11(12(9,13)14)7(16)4-10(2,3)5-8(11)17/h6,9H,4-5H2,1-3H3/t6-,9-/m0/s1. The van der Waals surface area contributed by atoms with Gasteiger partial charge in [-0.1, -0.05) is 37.0 Å². The van der Waals surface area contributed by atoms with Crippen LogP contribution in [0.2, 0.25) is 0 Å². The lowest BCUT2D eigenvalue weighted by atomic mass is 9.68. The Morgan fingerprint density at radius 1 is 1.26 bits per heavy atom. The Morgan fingerprint density at radius 2 is 1.68 bits per heavy atom. The van der Waals surface area contributed by atoms with Crippen LogP contribution >= 0.6 is 23.2 Å². The zero-order valence-corrected chi connectivity index (χ0v) is 12.4. The number of hydrogen-bond donors (Lipinski definition) is 0. The number of nitro groups is 1. The lowest BCUT2D eigenvalue weighted by Crippen LogP contribution is -2.43. The summed E-state index contributed by atoms with van der Waals surface area (Å²) in [5.74, 6) is -1.66. The SMILES string of the molecule is C[C@@H]([C@@H]1C(Cl)(Cl)C12C(=O)CC(C)(C)CC2=O)[N+](=O)[O-]. The van der Waals surface area contributed by atoms with Crippen LogP contribution in [-0.2, 0) is 9.59 Å². The summed E-state index contributed by atoms with van der Waals surface area (Å²) in [5.41, 5.74) is -2.01. The molecular formula is C12H15Cl2NO4. The average Bonchev–Trinajstić information content (AvgIpc) is 2.71. The van der Waals surface area contributed by atoms with Crippen LogP contribution in [0.1, 0.15) is 33.6 Å². The minimum atomic E-state index is -1.65. The molecule has 0 heterocycles. The van der Waals surface area contributed by atoms with Crippen molar-refractivity contribution < 1.29 is 14.5 Å². The highest BCUT2D eigenvalue weighted by Crippen LogP contribution is 2.74. The first-order valence-electron chi connectivity index (χ1n) is 6.06. The second-order valence-electron chi connectivity index (χ2n) is 6.30. The highest BCUT2D eigenvalue weighted by atomic mass is 35.5. The van der Waals surface area contributed by atoms with Gasteiger partial charge in [-0.15, -0.1) is 0 Å². The van der Waals surface area contributed by atoms with Crippen molar-refractivity contribution >= 4 is 34.8 Å². The van der Waals surface area contributed by atoms with Gasteiger partial charge in [-0.2, -0.15) is 0 Å². The van der Waals surface area contributed by atoms with Gasteiger partial charge in [-0.05, 0) is 5.41 Å². The fourth-order valence-corrected chi connectivity index (χ4v) is 4.54. The lowest BCUT2D eigenvalue weighted by Gasteiger charge is -2.33. The van der Waals surface area contributed by atoms with E-state index in [0.717, 1.165) is 0 Å². The van der Waals surface area contributed by atoms with Crippen LogP contribution in [0.4, 0.5) is 0 Å². The molecule has 5 nitrogen and oxygen atoms in total. The molecule has 0 aliphatic heterocycles. The Hall–Kier alpha value is -0.680. The first-order chi connectivity index (χ1) is 8.48. The molecule has 0 unspecified atom stereocenters.